The summed E-state index contributed by atoms with van der Waals surface area (Å²) in [7, 11) is -3.09. The number of carbonyl (C=O) groups excluding carboxylic acids is 2. The molecule has 1 fully saturated rings. The summed E-state index contributed by atoms with van der Waals surface area (Å²) in [6.07, 6.45) is -0.630. The van der Waals surface area contributed by atoms with Crippen molar-refractivity contribution in [2.75, 3.05) is 18.1 Å². The van der Waals surface area contributed by atoms with Crippen molar-refractivity contribution in [3.05, 3.63) is 28.2 Å². The lowest BCUT2D eigenvalue weighted by Gasteiger charge is -2.15. The highest BCUT2D eigenvalue weighted by atomic mass is 35.5. The number of nitrogens with one attached hydrogen (secondary N) is 1. The first-order valence-corrected chi connectivity index (χ1v) is 10.0. The Morgan fingerprint density at radius 2 is 2.08 bits per heavy atom. The molecule has 1 amide bonds. The molecule has 0 aliphatic carbocycles. The Hall–Kier alpha value is -1.51. The molecule has 1 aromatic rings. The molecular formula is C15H17Cl2NO6S. The minimum Gasteiger partial charge on any atom is -0.477 e. The van der Waals surface area contributed by atoms with Crippen molar-refractivity contribution >= 4 is 44.9 Å². The monoisotopic (exact) mass is 409 g/mol. The SMILES string of the molecule is C[C@H](Oc1ccc(Cl)cc1Cl)C(=O)OCC(=O)N[C@@H]1CCS(=O)(=O)C1. The summed E-state index contributed by atoms with van der Waals surface area (Å²) in [5.74, 6) is -1.10. The Labute approximate surface area is 155 Å². The lowest BCUT2D eigenvalue weighted by Crippen LogP contribution is -2.39. The number of sulfone groups is 1. The van der Waals surface area contributed by atoms with Crippen LogP contribution in [0.25, 0.3) is 0 Å². The average Bonchev–Trinajstić information content (AvgIpc) is 2.86. The molecule has 1 saturated heterocycles. The zero-order valence-corrected chi connectivity index (χ0v) is 15.7. The van der Waals surface area contributed by atoms with E-state index in [0.717, 1.165) is 0 Å². The maximum absolute atomic E-state index is 11.9. The number of benzene rings is 1. The van der Waals surface area contributed by atoms with Crippen LogP contribution in [0.3, 0.4) is 0 Å². The smallest absolute Gasteiger partial charge is 0.347 e. The van der Waals surface area contributed by atoms with E-state index >= 15 is 0 Å². The van der Waals surface area contributed by atoms with Crippen LogP contribution in [-0.2, 0) is 24.2 Å². The minimum absolute atomic E-state index is 0.0461. The first kappa shape index (κ1) is 19.8. The average molecular weight is 410 g/mol. The molecule has 10 heteroatoms. The minimum atomic E-state index is -3.09. The number of halogens is 2. The molecule has 7 nitrogen and oxygen atoms in total. The van der Waals surface area contributed by atoms with Crippen molar-refractivity contribution in [1.82, 2.24) is 5.32 Å². The molecule has 0 spiro atoms. The number of esters is 1. The van der Waals surface area contributed by atoms with Crippen molar-refractivity contribution in [3.8, 4) is 5.75 Å². The molecule has 1 aliphatic heterocycles. The number of carbonyl (C=O) groups is 2. The standard InChI is InChI=1S/C15H17Cl2NO6S/c1-9(24-13-3-2-10(16)6-12(13)17)15(20)23-7-14(19)18-11-4-5-25(21,22)8-11/h2-3,6,9,11H,4-5,7-8H2,1H3,(H,18,19)/t9-,11+/m0/s1. The quantitative estimate of drug-likeness (QED) is 0.716. The summed E-state index contributed by atoms with van der Waals surface area (Å²) in [5, 5.41) is 3.19. The zero-order valence-electron chi connectivity index (χ0n) is 13.3. The lowest BCUT2D eigenvalue weighted by molar-refractivity contribution is -0.154. The van der Waals surface area contributed by atoms with Gasteiger partial charge in [0.2, 0.25) is 0 Å². The fraction of sp³-hybridized carbons (Fsp3) is 0.467. The van der Waals surface area contributed by atoms with Crippen LogP contribution in [-0.4, -0.2) is 50.6 Å². The van der Waals surface area contributed by atoms with Crippen LogP contribution >= 0.6 is 23.2 Å². The van der Waals surface area contributed by atoms with Crippen LogP contribution < -0.4 is 10.1 Å². The lowest BCUT2D eigenvalue weighted by atomic mass is 10.2. The third kappa shape index (κ3) is 6.05. The third-order valence-electron chi connectivity index (χ3n) is 3.47. The predicted octanol–water partition coefficient (Wildman–Crippen LogP) is 1.61. The van der Waals surface area contributed by atoms with E-state index in [0.29, 0.717) is 11.4 Å². The van der Waals surface area contributed by atoms with Gasteiger partial charge in [-0.1, -0.05) is 23.2 Å². The van der Waals surface area contributed by atoms with E-state index in [1.54, 1.807) is 6.07 Å². The van der Waals surface area contributed by atoms with Crippen LogP contribution in [0.5, 0.6) is 5.75 Å². The van der Waals surface area contributed by atoms with Gasteiger partial charge in [0.05, 0.1) is 16.5 Å². The van der Waals surface area contributed by atoms with Crippen molar-refractivity contribution in [1.29, 1.82) is 0 Å². The Morgan fingerprint density at radius 1 is 1.36 bits per heavy atom. The highest BCUT2D eigenvalue weighted by Crippen LogP contribution is 2.28. The summed E-state index contributed by atoms with van der Waals surface area (Å²) in [4.78, 5) is 23.6. The summed E-state index contributed by atoms with van der Waals surface area (Å²) in [6.45, 7) is 0.937. The number of hydrogen-bond acceptors (Lipinski definition) is 6. The van der Waals surface area contributed by atoms with Crippen LogP contribution in [0.15, 0.2) is 18.2 Å². The van der Waals surface area contributed by atoms with Gasteiger partial charge in [0, 0.05) is 11.1 Å². The van der Waals surface area contributed by atoms with Crippen LogP contribution in [0.4, 0.5) is 0 Å². The number of ether oxygens (including phenoxy) is 2. The maximum Gasteiger partial charge on any atom is 0.347 e. The van der Waals surface area contributed by atoms with Crippen LogP contribution in [0.2, 0.25) is 10.0 Å². The molecule has 25 heavy (non-hydrogen) atoms. The molecule has 138 valence electrons. The van der Waals surface area contributed by atoms with E-state index in [1.807, 2.05) is 0 Å². The van der Waals surface area contributed by atoms with E-state index in [-0.39, 0.29) is 22.3 Å². The fourth-order valence-corrected chi connectivity index (χ4v) is 4.37. The van der Waals surface area contributed by atoms with Gasteiger partial charge in [-0.3, -0.25) is 4.79 Å². The topological polar surface area (TPSA) is 98.8 Å². The molecule has 0 bridgehead atoms. The van der Waals surface area contributed by atoms with Gasteiger partial charge in [-0.15, -0.1) is 0 Å². The Kier molecular flexibility index (Phi) is 6.53. The molecule has 1 N–H and O–H groups in total. The van der Waals surface area contributed by atoms with Crippen molar-refractivity contribution < 1.29 is 27.5 Å². The summed E-state index contributed by atoms with van der Waals surface area (Å²) in [6, 6.07) is 4.10. The summed E-state index contributed by atoms with van der Waals surface area (Å²) < 4.78 is 32.9. The summed E-state index contributed by atoms with van der Waals surface area (Å²) in [5.41, 5.74) is 0. The molecule has 0 aromatic heterocycles. The highest BCUT2D eigenvalue weighted by Gasteiger charge is 2.29. The molecule has 0 unspecified atom stereocenters. The fourth-order valence-electron chi connectivity index (χ4n) is 2.24. The maximum atomic E-state index is 11.9. The number of rotatable bonds is 6. The van der Waals surface area contributed by atoms with Gasteiger partial charge in [-0.25, -0.2) is 13.2 Å². The van der Waals surface area contributed by atoms with Gasteiger partial charge in [0.1, 0.15) is 5.75 Å². The van der Waals surface area contributed by atoms with Gasteiger partial charge in [-0.05, 0) is 31.5 Å². The second-order valence-electron chi connectivity index (χ2n) is 5.61. The Balaban J connectivity index is 1.78. The molecule has 0 saturated carbocycles. The largest absolute Gasteiger partial charge is 0.477 e. The second-order valence-corrected chi connectivity index (χ2v) is 8.68. The number of amides is 1. The predicted molar refractivity (Wildman–Crippen MR) is 92.7 cm³/mol. The summed E-state index contributed by atoms with van der Waals surface area (Å²) >= 11 is 11.7. The molecule has 0 radical (unpaired) electrons. The van der Waals surface area contributed by atoms with E-state index in [2.05, 4.69) is 5.32 Å². The molecule has 1 aromatic carbocycles. The Morgan fingerprint density at radius 3 is 2.68 bits per heavy atom. The molecule has 1 aliphatic rings. The molecule has 2 atom stereocenters. The van der Waals surface area contributed by atoms with E-state index in [9.17, 15) is 18.0 Å². The first-order chi connectivity index (χ1) is 11.7. The molecular weight excluding hydrogens is 393 g/mol. The van der Waals surface area contributed by atoms with Crippen molar-refractivity contribution in [3.63, 3.8) is 0 Å². The molecule has 2 rings (SSSR count). The number of hydrogen-bond donors (Lipinski definition) is 1. The van der Waals surface area contributed by atoms with Gasteiger partial charge < -0.3 is 14.8 Å². The van der Waals surface area contributed by atoms with Crippen LogP contribution in [0, 0.1) is 0 Å². The van der Waals surface area contributed by atoms with Crippen molar-refractivity contribution in [2.45, 2.75) is 25.5 Å². The van der Waals surface area contributed by atoms with Gasteiger partial charge in [0.15, 0.2) is 22.5 Å². The zero-order chi connectivity index (χ0) is 18.6. The first-order valence-electron chi connectivity index (χ1n) is 7.44. The van der Waals surface area contributed by atoms with E-state index in [4.69, 9.17) is 32.7 Å². The van der Waals surface area contributed by atoms with E-state index in [1.165, 1.54) is 19.1 Å². The van der Waals surface area contributed by atoms with E-state index < -0.39 is 40.5 Å². The molecule has 1 heterocycles. The van der Waals surface area contributed by atoms with Gasteiger partial charge in [-0.2, -0.15) is 0 Å². The van der Waals surface area contributed by atoms with Gasteiger partial charge in [0.25, 0.3) is 5.91 Å². The normalized spacial score (nSPS) is 19.9. The van der Waals surface area contributed by atoms with Gasteiger partial charge >= 0.3 is 5.97 Å². The highest BCUT2D eigenvalue weighted by molar-refractivity contribution is 7.91. The second kappa shape index (κ2) is 8.25. The van der Waals surface area contributed by atoms with Crippen molar-refractivity contribution in [2.24, 2.45) is 0 Å². The van der Waals surface area contributed by atoms with Crippen LogP contribution in [0.1, 0.15) is 13.3 Å². The Bertz CT molecular complexity index is 767. The third-order valence-corrected chi connectivity index (χ3v) is 5.77.